The van der Waals surface area contributed by atoms with Gasteiger partial charge in [0, 0.05) is 25.7 Å². The molecule has 0 bridgehead atoms. The van der Waals surface area contributed by atoms with Crippen LogP contribution < -0.4 is 5.32 Å². The number of carbonyl (C=O) groups excluding carboxylic acids is 1. The molecule has 0 spiro atoms. The molecule has 0 aliphatic heterocycles. The molecule has 0 radical (unpaired) electrons. The fourth-order valence-electron chi connectivity index (χ4n) is 1.68. The van der Waals surface area contributed by atoms with Crippen molar-refractivity contribution in [3.05, 3.63) is 35.1 Å². The molecule has 0 saturated heterocycles. The molecule has 1 aromatic carbocycles. The van der Waals surface area contributed by atoms with Crippen molar-refractivity contribution in [2.45, 2.75) is 33.4 Å². The van der Waals surface area contributed by atoms with Gasteiger partial charge in [0.05, 0.1) is 6.04 Å². The fraction of sp³-hybridized carbons (Fsp3) is 0.500. The number of hydrogen-bond donors (Lipinski definition) is 1. The number of amides is 1. The molecule has 18 heavy (non-hydrogen) atoms. The minimum atomic E-state index is -0.310. The van der Waals surface area contributed by atoms with Crippen LogP contribution in [0.3, 0.4) is 0 Å². The first-order valence-electron chi connectivity index (χ1n) is 6.19. The van der Waals surface area contributed by atoms with Crippen molar-refractivity contribution in [1.82, 2.24) is 10.2 Å². The summed E-state index contributed by atoms with van der Waals surface area (Å²) in [6.45, 7) is 6.66. The van der Waals surface area contributed by atoms with Crippen molar-refractivity contribution >= 4 is 5.91 Å². The standard InChI is InChI=1S/C14H21FN2O/c1-5-17(4)14(18)11(3)16-9-12-8-10(2)6-7-13(12)15/h6-8,11,16H,5,9H2,1-4H3. The summed E-state index contributed by atoms with van der Waals surface area (Å²) in [7, 11) is 1.76. The molecule has 1 rings (SSSR count). The van der Waals surface area contributed by atoms with E-state index >= 15 is 0 Å². The van der Waals surface area contributed by atoms with Crippen LogP contribution in [0.5, 0.6) is 0 Å². The molecule has 0 heterocycles. The Bertz CT molecular complexity index is 420. The lowest BCUT2D eigenvalue weighted by atomic mass is 10.1. The van der Waals surface area contributed by atoms with Crippen LogP contribution in [0.4, 0.5) is 4.39 Å². The summed E-state index contributed by atoms with van der Waals surface area (Å²) in [6, 6.07) is 4.67. The number of rotatable bonds is 5. The second-order valence-electron chi connectivity index (χ2n) is 4.55. The molecule has 1 atom stereocenters. The van der Waals surface area contributed by atoms with E-state index in [1.807, 2.05) is 13.8 Å². The monoisotopic (exact) mass is 252 g/mol. The fourth-order valence-corrected chi connectivity index (χ4v) is 1.68. The summed E-state index contributed by atoms with van der Waals surface area (Å²) in [6.07, 6.45) is 0. The van der Waals surface area contributed by atoms with Crippen molar-refractivity contribution in [2.24, 2.45) is 0 Å². The van der Waals surface area contributed by atoms with Gasteiger partial charge in [0.2, 0.25) is 5.91 Å². The Morgan fingerprint density at radius 2 is 2.17 bits per heavy atom. The van der Waals surface area contributed by atoms with Gasteiger partial charge in [-0.3, -0.25) is 4.79 Å². The zero-order valence-electron chi connectivity index (χ0n) is 11.5. The minimum Gasteiger partial charge on any atom is -0.345 e. The van der Waals surface area contributed by atoms with Crippen LogP contribution in [0.1, 0.15) is 25.0 Å². The minimum absolute atomic E-state index is 0.0190. The number of nitrogens with one attached hydrogen (secondary N) is 1. The third-order valence-electron chi connectivity index (χ3n) is 3.02. The third kappa shape index (κ3) is 3.81. The van der Waals surface area contributed by atoms with Gasteiger partial charge >= 0.3 is 0 Å². The van der Waals surface area contributed by atoms with Gasteiger partial charge in [-0.25, -0.2) is 4.39 Å². The van der Waals surface area contributed by atoms with Gasteiger partial charge in [0.25, 0.3) is 0 Å². The van der Waals surface area contributed by atoms with E-state index in [0.29, 0.717) is 18.7 Å². The molecule has 100 valence electrons. The SMILES string of the molecule is CCN(C)C(=O)C(C)NCc1cc(C)ccc1F. The Hall–Kier alpha value is -1.42. The van der Waals surface area contributed by atoms with Gasteiger partial charge in [-0.05, 0) is 26.8 Å². The molecule has 0 aliphatic rings. The maximum absolute atomic E-state index is 13.5. The maximum atomic E-state index is 13.5. The molecular formula is C14H21FN2O. The van der Waals surface area contributed by atoms with Gasteiger partial charge in [0.1, 0.15) is 5.82 Å². The molecule has 0 fully saturated rings. The van der Waals surface area contributed by atoms with Gasteiger partial charge in [-0.15, -0.1) is 0 Å². The summed E-state index contributed by atoms with van der Waals surface area (Å²) < 4.78 is 13.5. The van der Waals surface area contributed by atoms with Crippen LogP contribution in [-0.4, -0.2) is 30.4 Å². The van der Waals surface area contributed by atoms with Crippen molar-refractivity contribution in [3.63, 3.8) is 0 Å². The Labute approximate surface area is 108 Å². The molecule has 0 aromatic heterocycles. The lowest BCUT2D eigenvalue weighted by Crippen LogP contribution is -2.42. The van der Waals surface area contributed by atoms with Gasteiger partial charge in [-0.2, -0.15) is 0 Å². The molecule has 4 heteroatoms. The second kappa shape index (κ2) is 6.50. The Balaban J connectivity index is 2.59. The highest BCUT2D eigenvalue weighted by Crippen LogP contribution is 2.10. The summed E-state index contributed by atoms with van der Waals surface area (Å²) in [4.78, 5) is 13.5. The van der Waals surface area contributed by atoms with Crippen LogP contribution in [0.25, 0.3) is 0 Å². The van der Waals surface area contributed by atoms with E-state index in [2.05, 4.69) is 5.32 Å². The largest absolute Gasteiger partial charge is 0.345 e. The molecule has 0 saturated carbocycles. The number of benzene rings is 1. The number of likely N-dealkylation sites (N-methyl/N-ethyl adjacent to an activating group) is 1. The number of halogens is 1. The predicted molar refractivity (Wildman–Crippen MR) is 70.7 cm³/mol. The van der Waals surface area contributed by atoms with E-state index < -0.39 is 0 Å². The van der Waals surface area contributed by atoms with E-state index in [1.54, 1.807) is 31.0 Å². The lowest BCUT2D eigenvalue weighted by Gasteiger charge is -2.20. The average Bonchev–Trinajstić information content (AvgIpc) is 2.37. The normalized spacial score (nSPS) is 12.3. The maximum Gasteiger partial charge on any atom is 0.239 e. The second-order valence-corrected chi connectivity index (χ2v) is 4.55. The van der Waals surface area contributed by atoms with Crippen LogP contribution in [0.15, 0.2) is 18.2 Å². The molecule has 0 aliphatic carbocycles. The zero-order chi connectivity index (χ0) is 13.7. The van der Waals surface area contributed by atoms with Crippen LogP contribution in [0, 0.1) is 12.7 Å². The molecule has 1 unspecified atom stereocenters. The smallest absolute Gasteiger partial charge is 0.239 e. The highest BCUT2D eigenvalue weighted by atomic mass is 19.1. The Morgan fingerprint density at radius 1 is 1.50 bits per heavy atom. The topological polar surface area (TPSA) is 32.3 Å². The van der Waals surface area contributed by atoms with Crippen molar-refractivity contribution in [3.8, 4) is 0 Å². The first kappa shape index (κ1) is 14.6. The first-order chi connectivity index (χ1) is 8.45. The van der Waals surface area contributed by atoms with Crippen LogP contribution in [0.2, 0.25) is 0 Å². The molecular weight excluding hydrogens is 231 g/mol. The zero-order valence-corrected chi connectivity index (χ0v) is 11.5. The van der Waals surface area contributed by atoms with Crippen LogP contribution in [-0.2, 0) is 11.3 Å². The van der Waals surface area contributed by atoms with E-state index in [9.17, 15) is 9.18 Å². The van der Waals surface area contributed by atoms with E-state index in [4.69, 9.17) is 0 Å². The summed E-state index contributed by atoms with van der Waals surface area (Å²) in [5.41, 5.74) is 1.60. The molecule has 1 aromatic rings. The average molecular weight is 252 g/mol. The van der Waals surface area contributed by atoms with E-state index in [0.717, 1.165) is 5.56 Å². The highest BCUT2D eigenvalue weighted by Gasteiger charge is 2.16. The van der Waals surface area contributed by atoms with Gasteiger partial charge in [-0.1, -0.05) is 17.7 Å². The Morgan fingerprint density at radius 3 is 2.78 bits per heavy atom. The number of hydrogen-bond acceptors (Lipinski definition) is 2. The number of aryl methyl sites for hydroxylation is 1. The predicted octanol–water partition coefficient (Wildman–Crippen LogP) is 2.09. The summed E-state index contributed by atoms with van der Waals surface area (Å²) in [5, 5.41) is 3.05. The Kier molecular flexibility index (Phi) is 5.28. The highest BCUT2D eigenvalue weighted by molar-refractivity contribution is 5.81. The quantitative estimate of drug-likeness (QED) is 0.870. The van der Waals surface area contributed by atoms with Crippen molar-refractivity contribution < 1.29 is 9.18 Å². The third-order valence-corrected chi connectivity index (χ3v) is 3.02. The van der Waals surface area contributed by atoms with E-state index in [-0.39, 0.29) is 17.8 Å². The summed E-state index contributed by atoms with van der Waals surface area (Å²) in [5.74, 6) is -0.220. The van der Waals surface area contributed by atoms with Crippen molar-refractivity contribution in [2.75, 3.05) is 13.6 Å². The molecule has 1 N–H and O–H groups in total. The number of nitrogens with zero attached hydrogens (tertiary/aromatic N) is 1. The van der Waals surface area contributed by atoms with Gasteiger partial charge < -0.3 is 10.2 Å². The first-order valence-corrected chi connectivity index (χ1v) is 6.19. The van der Waals surface area contributed by atoms with Crippen molar-refractivity contribution in [1.29, 1.82) is 0 Å². The molecule has 1 amide bonds. The van der Waals surface area contributed by atoms with E-state index in [1.165, 1.54) is 6.07 Å². The lowest BCUT2D eigenvalue weighted by molar-refractivity contribution is -0.131. The van der Waals surface area contributed by atoms with Gasteiger partial charge in [0.15, 0.2) is 0 Å². The summed E-state index contributed by atoms with van der Waals surface area (Å²) >= 11 is 0. The number of carbonyl (C=O) groups is 1. The van der Waals surface area contributed by atoms with Crippen LogP contribution >= 0.6 is 0 Å². The molecule has 3 nitrogen and oxygen atoms in total.